The van der Waals surface area contributed by atoms with Crippen LogP contribution in [0.4, 0.5) is 0 Å². The molecular formula is C30H35BrN2O3. The van der Waals surface area contributed by atoms with Gasteiger partial charge in [-0.25, -0.2) is 0 Å². The van der Waals surface area contributed by atoms with E-state index in [0.717, 1.165) is 34.0 Å². The lowest BCUT2D eigenvalue weighted by Crippen LogP contribution is -2.51. The van der Waals surface area contributed by atoms with Crippen LogP contribution in [0.3, 0.4) is 0 Å². The Morgan fingerprint density at radius 3 is 2.28 bits per heavy atom. The van der Waals surface area contributed by atoms with Crippen molar-refractivity contribution in [1.29, 1.82) is 0 Å². The average Bonchev–Trinajstić information content (AvgIpc) is 2.90. The van der Waals surface area contributed by atoms with Gasteiger partial charge in [-0.1, -0.05) is 80.1 Å². The molecule has 1 atom stereocenters. The van der Waals surface area contributed by atoms with Crippen molar-refractivity contribution < 1.29 is 14.3 Å². The molecule has 3 rings (SSSR count). The second kappa shape index (κ2) is 13.8. The zero-order valence-electron chi connectivity index (χ0n) is 21.3. The first-order valence-corrected chi connectivity index (χ1v) is 13.3. The Hall–Kier alpha value is -3.12. The fourth-order valence-corrected chi connectivity index (χ4v) is 4.45. The van der Waals surface area contributed by atoms with Crippen molar-refractivity contribution in [3.63, 3.8) is 0 Å². The van der Waals surface area contributed by atoms with E-state index < -0.39 is 6.04 Å². The van der Waals surface area contributed by atoms with E-state index in [0.29, 0.717) is 25.3 Å². The number of carbonyl (C=O) groups excluding carboxylic acids is 2. The molecule has 0 bridgehead atoms. The Kier molecular flexibility index (Phi) is 10.6. The van der Waals surface area contributed by atoms with E-state index in [1.165, 1.54) is 5.56 Å². The molecule has 0 heterocycles. The summed E-state index contributed by atoms with van der Waals surface area (Å²) in [4.78, 5) is 28.6. The van der Waals surface area contributed by atoms with Gasteiger partial charge in [0, 0.05) is 19.5 Å². The predicted molar refractivity (Wildman–Crippen MR) is 148 cm³/mol. The Labute approximate surface area is 223 Å². The molecule has 0 unspecified atom stereocenters. The van der Waals surface area contributed by atoms with E-state index >= 15 is 0 Å². The number of amides is 2. The molecule has 3 aromatic rings. The summed E-state index contributed by atoms with van der Waals surface area (Å²) in [6.45, 7) is 6.84. The van der Waals surface area contributed by atoms with Crippen molar-refractivity contribution in [1.82, 2.24) is 10.2 Å². The lowest BCUT2D eigenvalue weighted by Gasteiger charge is -2.31. The maximum atomic E-state index is 13.6. The summed E-state index contributed by atoms with van der Waals surface area (Å²) in [5.41, 5.74) is 4.28. The highest BCUT2D eigenvalue weighted by molar-refractivity contribution is 9.10. The molecule has 0 aliphatic carbocycles. The maximum Gasteiger partial charge on any atom is 0.261 e. The number of rotatable bonds is 12. The molecule has 0 saturated carbocycles. The topological polar surface area (TPSA) is 58.6 Å². The van der Waals surface area contributed by atoms with Crippen molar-refractivity contribution >= 4 is 27.7 Å². The minimum Gasteiger partial charge on any atom is -0.483 e. The van der Waals surface area contributed by atoms with Crippen LogP contribution in [0.1, 0.15) is 42.5 Å². The van der Waals surface area contributed by atoms with Gasteiger partial charge in [0.1, 0.15) is 11.8 Å². The first-order valence-electron chi connectivity index (χ1n) is 12.5. The highest BCUT2D eigenvalue weighted by atomic mass is 79.9. The van der Waals surface area contributed by atoms with Crippen LogP contribution >= 0.6 is 15.9 Å². The number of halogens is 1. The molecule has 2 amide bonds. The van der Waals surface area contributed by atoms with E-state index in [1.807, 2.05) is 86.6 Å². The molecule has 190 valence electrons. The predicted octanol–water partition coefficient (Wildman–Crippen LogP) is 5.87. The highest BCUT2D eigenvalue weighted by Crippen LogP contribution is 2.26. The van der Waals surface area contributed by atoms with Crippen LogP contribution in [-0.4, -0.2) is 35.9 Å². The molecule has 5 nitrogen and oxygen atoms in total. The van der Waals surface area contributed by atoms with Gasteiger partial charge in [0.15, 0.2) is 6.61 Å². The summed E-state index contributed by atoms with van der Waals surface area (Å²) in [7, 11) is 0. The van der Waals surface area contributed by atoms with Gasteiger partial charge in [-0.05, 0) is 64.5 Å². The quantitative estimate of drug-likeness (QED) is 0.307. The minimum atomic E-state index is -0.665. The zero-order chi connectivity index (χ0) is 25.9. The molecule has 0 radical (unpaired) electrons. The Morgan fingerprint density at radius 2 is 1.64 bits per heavy atom. The third-order valence-corrected chi connectivity index (χ3v) is 6.67. The van der Waals surface area contributed by atoms with E-state index in [-0.39, 0.29) is 18.4 Å². The standard InChI is InChI=1S/C30H35BrN2O3/c1-4-17-32-30(35)27(19-24-9-7-6-8-10-24)33(20-25-13-11-22(3)12-14-25)29(34)21-36-28-16-15-23(5-2)18-26(28)31/h6-16,18,27H,4-5,17,19-21H2,1-3H3,(H,32,35)/t27-/m1/s1. The second-order valence-electron chi connectivity index (χ2n) is 8.91. The van der Waals surface area contributed by atoms with Crippen LogP contribution in [0.5, 0.6) is 5.75 Å². The largest absolute Gasteiger partial charge is 0.483 e. The summed E-state index contributed by atoms with van der Waals surface area (Å²) in [6, 6.07) is 23.0. The van der Waals surface area contributed by atoms with Crippen LogP contribution in [-0.2, 0) is 29.0 Å². The molecular weight excluding hydrogens is 516 g/mol. The van der Waals surface area contributed by atoms with E-state index in [9.17, 15) is 9.59 Å². The number of carbonyl (C=O) groups is 2. The number of hydrogen-bond acceptors (Lipinski definition) is 3. The van der Waals surface area contributed by atoms with E-state index in [2.05, 4.69) is 28.2 Å². The Morgan fingerprint density at radius 1 is 0.944 bits per heavy atom. The smallest absolute Gasteiger partial charge is 0.261 e. The van der Waals surface area contributed by atoms with Crippen molar-refractivity contribution in [3.05, 3.63) is 99.5 Å². The minimum absolute atomic E-state index is 0.158. The van der Waals surface area contributed by atoms with Crippen LogP contribution in [0.25, 0.3) is 0 Å². The number of aryl methyl sites for hydroxylation is 2. The van der Waals surface area contributed by atoms with Gasteiger partial charge in [-0.3, -0.25) is 9.59 Å². The summed E-state index contributed by atoms with van der Waals surface area (Å²) in [5.74, 6) is 0.204. The molecule has 1 N–H and O–H groups in total. The fraction of sp³-hybridized carbons (Fsp3) is 0.333. The van der Waals surface area contributed by atoms with Crippen LogP contribution in [0, 0.1) is 6.92 Å². The van der Waals surface area contributed by atoms with Gasteiger partial charge in [0.05, 0.1) is 4.47 Å². The summed E-state index contributed by atoms with van der Waals surface area (Å²) in [6.07, 6.45) is 2.15. The number of ether oxygens (including phenoxy) is 1. The molecule has 0 aromatic heterocycles. The first-order chi connectivity index (χ1) is 17.4. The van der Waals surface area contributed by atoms with Crippen molar-refractivity contribution in [2.24, 2.45) is 0 Å². The van der Waals surface area contributed by atoms with Crippen LogP contribution in [0.2, 0.25) is 0 Å². The molecule has 0 fully saturated rings. The first kappa shape index (κ1) is 27.5. The van der Waals surface area contributed by atoms with Gasteiger partial charge < -0.3 is 15.0 Å². The molecule has 3 aromatic carbocycles. The summed E-state index contributed by atoms with van der Waals surface area (Å²) in [5, 5.41) is 3.00. The van der Waals surface area contributed by atoms with Gasteiger partial charge in [0.2, 0.25) is 5.91 Å². The van der Waals surface area contributed by atoms with Gasteiger partial charge in [-0.2, -0.15) is 0 Å². The Balaban J connectivity index is 1.88. The molecule has 0 saturated heterocycles. The van der Waals surface area contributed by atoms with E-state index in [4.69, 9.17) is 4.74 Å². The number of nitrogens with one attached hydrogen (secondary N) is 1. The van der Waals surface area contributed by atoms with Crippen molar-refractivity contribution in [2.45, 2.75) is 52.6 Å². The third kappa shape index (κ3) is 7.95. The maximum absolute atomic E-state index is 13.6. The zero-order valence-corrected chi connectivity index (χ0v) is 22.9. The number of nitrogens with zero attached hydrogens (tertiary/aromatic N) is 1. The lowest BCUT2D eigenvalue weighted by atomic mass is 10.0. The third-order valence-electron chi connectivity index (χ3n) is 6.05. The molecule has 36 heavy (non-hydrogen) atoms. The molecule has 0 aliphatic heterocycles. The number of hydrogen-bond donors (Lipinski definition) is 1. The fourth-order valence-electron chi connectivity index (χ4n) is 3.91. The summed E-state index contributed by atoms with van der Waals surface area (Å²) < 4.78 is 6.73. The SMILES string of the molecule is CCCNC(=O)[C@@H](Cc1ccccc1)N(Cc1ccc(C)cc1)C(=O)COc1ccc(CC)cc1Br. The van der Waals surface area contributed by atoms with Gasteiger partial charge in [-0.15, -0.1) is 0 Å². The van der Waals surface area contributed by atoms with Crippen molar-refractivity contribution in [3.8, 4) is 5.75 Å². The van der Waals surface area contributed by atoms with E-state index in [1.54, 1.807) is 4.90 Å². The lowest BCUT2D eigenvalue weighted by molar-refractivity contribution is -0.142. The Bertz CT molecular complexity index is 1130. The van der Waals surface area contributed by atoms with Crippen LogP contribution < -0.4 is 10.1 Å². The molecule has 0 spiro atoms. The van der Waals surface area contributed by atoms with Gasteiger partial charge in [0.25, 0.3) is 5.91 Å². The number of benzene rings is 3. The second-order valence-corrected chi connectivity index (χ2v) is 9.77. The van der Waals surface area contributed by atoms with Crippen molar-refractivity contribution in [2.75, 3.05) is 13.2 Å². The average molecular weight is 552 g/mol. The molecule has 6 heteroatoms. The van der Waals surface area contributed by atoms with Crippen LogP contribution in [0.15, 0.2) is 77.3 Å². The van der Waals surface area contributed by atoms with Gasteiger partial charge >= 0.3 is 0 Å². The highest BCUT2D eigenvalue weighted by Gasteiger charge is 2.30. The normalized spacial score (nSPS) is 11.6. The molecule has 0 aliphatic rings. The monoisotopic (exact) mass is 550 g/mol. The summed E-state index contributed by atoms with van der Waals surface area (Å²) >= 11 is 3.55.